The van der Waals surface area contributed by atoms with Gasteiger partial charge < -0.3 is 5.73 Å². The van der Waals surface area contributed by atoms with Crippen LogP contribution >= 0.6 is 15.9 Å². The molecule has 1 rings (SSSR count). The van der Waals surface area contributed by atoms with Crippen LogP contribution in [-0.4, -0.2) is 9.78 Å². The molecule has 0 aliphatic carbocycles. The first-order chi connectivity index (χ1) is 7.35. The molecule has 1 heterocycles. The van der Waals surface area contributed by atoms with Crippen LogP contribution in [0.2, 0.25) is 0 Å². The minimum absolute atomic E-state index is 0.0448. The Morgan fingerprint density at radius 3 is 2.62 bits per heavy atom. The molecule has 0 saturated carbocycles. The monoisotopic (exact) mass is 287 g/mol. The van der Waals surface area contributed by atoms with E-state index >= 15 is 0 Å². The summed E-state index contributed by atoms with van der Waals surface area (Å²) in [7, 11) is 0. The van der Waals surface area contributed by atoms with E-state index in [2.05, 4.69) is 48.7 Å². The van der Waals surface area contributed by atoms with E-state index in [9.17, 15) is 0 Å². The highest BCUT2D eigenvalue weighted by molar-refractivity contribution is 9.10. The third kappa shape index (κ3) is 3.59. The number of rotatable bonds is 4. The lowest BCUT2D eigenvalue weighted by molar-refractivity contribution is 0.332. The largest absolute Gasteiger partial charge is 0.323 e. The Hall–Kier alpha value is -0.350. The van der Waals surface area contributed by atoms with Gasteiger partial charge in [-0.25, -0.2) is 0 Å². The van der Waals surface area contributed by atoms with E-state index in [4.69, 9.17) is 5.73 Å². The molecule has 0 saturated heterocycles. The highest BCUT2D eigenvalue weighted by Gasteiger charge is 2.22. The molecule has 92 valence electrons. The van der Waals surface area contributed by atoms with Crippen molar-refractivity contribution in [1.82, 2.24) is 9.78 Å². The lowest BCUT2D eigenvalue weighted by Gasteiger charge is -2.24. The van der Waals surface area contributed by atoms with Crippen molar-refractivity contribution < 1.29 is 0 Å². The Morgan fingerprint density at radius 1 is 1.50 bits per heavy atom. The van der Waals surface area contributed by atoms with E-state index in [0.717, 1.165) is 29.6 Å². The van der Waals surface area contributed by atoms with Crippen molar-refractivity contribution in [1.29, 1.82) is 0 Å². The Labute approximate surface area is 107 Å². The van der Waals surface area contributed by atoms with Gasteiger partial charge in [-0.15, -0.1) is 0 Å². The van der Waals surface area contributed by atoms with Crippen LogP contribution in [0.5, 0.6) is 0 Å². The molecule has 1 aromatic rings. The van der Waals surface area contributed by atoms with Crippen molar-refractivity contribution in [3.8, 4) is 0 Å². The third-order valence-electron chi connectivity index (χ3n) is 2.45. The van der Waals surface area contributed by atoms with Gasteiger partial charge in [-0.05, 0) is 34.2 Å². The zero-order chi connectivity index (χ0) is 12.3. The maximum absolute atomic E-state index is 6.27. The van der Waals surface area contributed by atoms with Crippen molar-refractivity contribution in [3.05, 3.63) is 16.4 Å². The molecule has 16 heavy (non-hydrogen) atoms. The predicted molar refractivity (Wildman–Crippen MR) is 71.2 cm³/mol. The van der Waals surface area contributed by atoms with Crippen LogP contribution in [0.25, 0.3) is 0 Å². The number of nitrogens with zero attached hydrogens (tertiary/aromatic N) is 2. The lowest BCUT2D eigenvalue weighted by Crippen LogP contribution is -2.22. The molecule has 0 bridgehead atoms. The van der Waals surface area contributed by atoms with Crippen molar-refractivity contribution in [2.24, 2.45) is 11.1 Å². The Kier molecular flexibility index (Phi) is 4.56. The van der Waals surface area contributed by atoms with Crippen LogP contribution < -0.4 is 5.73 Å². The molecular weight excluding hydrogens is 266 g/mol. The van der Waals surface area contributed by atoms with Gasteiger partial charge in [0.2, 0.25) is 0 Å². The minimum Gasteiger partial charge on any atom is -0.323 e. The molecule has 0 aromatic carbocycles. The van der Waals surface area contributed by atoms with E-state index in [1.165, 1.54) is 0 Å². The highest BCUT2D eigenvalue weighted by atomic mass is 79.9. The lowest BCUT2D eigenvalue weighted by atomic mass is 9.87. The number of hydrogen-bond acceptors (Lipinski definition) is 2. The first kappa shape index (κ1) is 13.7. The van der Waals surface area contributed by atoms with Crippen LogP contribution in [0.3, 0.4) is 0 Å². The molecule has 0 aliphatic rings. The smallest absolute Gasteiger partial charge is 0.0693 e. The van der Waals surface area contributed by atoms with E-state index in [1.807, 2.05) is 10.9 Å². The van der Waals surface area contributed by atoms with E-state index < -0.39 is 0 Å². The Morgan fingerprint density at radius 2 is 2.12 bits per heavy atom. The van der Waals surface area contributed by atoms with Crippen LogP contribution in [-0.2, 0) is 6.54 Å². The van der Waals surface area contributed by atoms with Crippen molar-refractivity contribution in [2.45, 2.75) is 53.1 Å². The van der Waals surface area contributed by atoms with Crippen LogP contribution in [0.1, 0.15) is 52.3 Å². The standard InChI is InChI=1S/C12H22BrN3/c1-5-6-16-11(9(13)8-15-16)10(14)7-12(2,3)4/h8,10H,5-7,14H2,1-4H3. The summed E-state index contributed by atoms with van der Waals surface area (Å²) in [5, 5.41) is 4.35. The van der Waals surface area contributed by atoms with Gasteiger partial charge in [-0.3, -0.25) is 4.68 Å². The molecule has 1 atom stereocenters. The summed E-state index contributed by atoms with van der Waals surface area (Å²) >= 11 is 3.53. The molecular formula is C12H22BrN3. The van der Waals surface area contributed by atoms with E-state index in [0.29, 0.717) is 0 Å². The van der Waals surface area contributed by atoms with Crippen molar-refractivity contribution in [2.75, 3.05) is 0 Å². The molecule has 0 spiro atoms. The van der Waals surface area contributed by atoms with Crippen molar-refractivity contribution in [3.63, 3.8) is 0 Å². The molecule has 2 N–H and O–H groups in total. The summed E-state index contributed by atoms with van der Waals surface area (Å²) in [6, 6.07) is 0.0448. The number of aromatic nitrogens is 2. The van der Waals surface area contributed by atoms with Gasteiger partial charge in [0.1, 0.15) is 0 Å². The topological polar surface area (TPSA) is 43.8 Å². The first-order valence-electron chi connectivity index (χ1n) is 5.82. The number of nitrogens with two attached hydrogens (primary N) is 1. The minimum atomic E-state index is 0.0448. The zero-order valence-electron chi connectivity index (χ0n) is 10.6. The van der Waals surface area contributed by atoms with Gasteiger partial charge in [0.25, 0.3) is 0 Å². The normalized spacial score (nSPS) is 14.1. The first-order valence-corrected chi connectivity index (χ1v) is 6.61. The van der Waals surface area contributed by atoms with Gasteiger partial charge in [0.15, 0.2) is 0 Å². The average Bonchev–Trinajstić information content (AvgIpc) is 2.44. The van der Waals surface area contributed by atoms with Crippen molar-refractivity contribution >= 4 is 15.9 Å². The molecule has 3 nitrogen and oxygen atoms in total. The van der Waals surface area contributed by atoms with E-state index in [-0.39, 0.29) is 11.5 Å². The van der Waals surface area contributed by atoms with Gasteiger partial charge in [-0.2, -0.15) is 5.10 Å². The molecule has 1 unspecified atom stereocenters. The molecule has 0 aliphatic heterocycles. The summed E-state index contributed by atoms with van der Waals surface area (Å²) in [5.74, 6) is 0. The summed E-state index contributed by atoms with van der Waals surface area (Å²) < 4.78 is 3.04. The second kappa shape index (κ2) is 5.32. The highest BCUT2D eigenvalue weighted by Crippen LogP contribution is 2.31. The van der Waals surface area contributed by atoms with Crippen LogP contribution in [0, 0.1) is 5.41 Å². The number of hydrogen-bond donors (Lipinski definition) is 1. The van der Waals surface area contributed by atoms with Crippen LogP contribution in [0.15, 0.2) is 10.7 Å². The predicted octanol–water partition coefficient (Wildman–Crippen LogP) is 3.49. The Balaban J connectivity index is 2.88. The Bertz CT molecular complexity index is 339. The van der Waals surface area contributed by atoms with Crippen LogP contribution in [0.4, 0.5) is 0 Å². The molecule has 1 aromatic heterocycles. The van der Waals surface area contributed by atoms with Gasteiger partial charge >= 0.3 is 0 Å². The van der Waals surface area contributed by atoms with Gasteiger partial charge in [0, 0.05) is 12.6 Å². The number of halogens is 1. The SMILES string of the molecule is CCCn1ncc(Br)c1C(N)CC(C)(C)C. The van der Waals surface area contributed by atoms with E-state index in [1.54, 1.807) is 0 Å². The molecule has 4 heteroatoms. The maximum Gasteiger partial charge on any atom is 0.0693 e. The second-order valence-corrected chi connectivity index (χ2v) is 6.33. The summed E-state index contributed by atoms with van der Waals surface area (Å²) in [6.07, 6.45) is 3.87. The van der Waals surface area contributed by atoms with Gasteiger partial charge in [-0.1, -0.05) is 27.7 Å². The fraction of sp³-hybridized carbons (Fsp3) is 0.750. The number of aryl methyl sites for hydroxylation is 1. The average molecular weight is 288 g/mol. The third-order valence-corrected chi connectivity index (χ3v) is 3.06. The summed E-state index contributed by atoms with van der Waals surface area (Å²) in [4.78, 5) is 0. The zero-order valence-corrected chi connectivity index (χ0v) is 12.2. The van der Waals surface area contributed by atoms with Gasteiger partial charge in [0.05, 0.1) is 16.4 Å². The summed E-state index contributed by atoms with van der Waals surface area (Å²) in [6.45, 7) is 9.71. The maximum atomic E-state index is 6.27. The molecule has 0 amide bonds. The fourth-order valence-corrected chi connectivity index (χ4v) is 2.48. The summed E-state index contributed by atoms with van der Waals surface area (Å²) in [5.41, 5.74) is 7.62. The molecule has 0 radical (unpaired) electrons. The quantitative estimate of drug-likeness (QED) is 0.921. The second-order valence-electron chi connectivity index (χ2n) is 5.47. The fourth-order valence-electron chi connectivity index (χ4n) is 1.89. The molecule has 0 fully saturated rings.